The average Bonchev–Trinajstić information content (AvgIpc) is 3.33. The molecule has 3 saturated carbocycles. The van der Waals surface area contributed by atoms with Crippen LogP contribution in [0.5, 0.6) is 0 Å². The van der Waals surface area contributed by atoms with Crippen LogP contribution in [0.4, 0.5) is 4.79 Å². The predicted octanol–water partition coefficient (Wildman–Crippen LogP) is 5.63. The van der Waals surface area contributed by atoms with E-state index in [-0.39, 0.29) is 55.2 Å². The highest BCUT2D eigenvalue weighted by Crippen LogP contribution is 2.66. The second-order valence-corrected chi connectivity index (χ2v) is 14.8. The molecule has 8 atom stereocenters. The van der Waals surface area contributed by atoms with E-state index in [2.05, 4.69) is 13.8 Å². The monoisotopic (exact) mass is 676 g/mol. The van der Waals surface area contributed by atoms with Crippen LogP contribution in [-0.2, 0) is 52.4 Å². The van der Waals surface area contributed by atoms with Gasteiger partial charge in [-0.05, 0) is 91.4 Å². The molecule has 268 valence electrons. The van der Waals surface area contributed by atoms with Crippen molar-refractivity contribution in [1.29, 1.82) is 0 Å². The molecule has 0 N–H and O–H groups in total. The molecule has 0 radical (unpaired) electrons. The van der Waals surface area contributed by atoms with Gasteiger partial charge in [-0.2, -0.15) is 0 Å². The van der Waals surface area contributed by atoms with Crippen LogP contribution in [0.15, 0.2) is 11.6 Å². The molecule has 0 heterocycles. The fraction of sp³-hybridized carbons (Fsp3) is 0.778. The van der Waals surface area contributed by atoms with Crippen LogP contribution < -0.4 is 0 Å². The molecule has 0 aromatic carbocycles. The number of ketones is 1. The second-order valence-electron chi connectivity index (χ2n) is 14.8. The van der Waals surface area contributed by atoms with E-state index in [1.54, 1.807) is 6.92 Å². The van der Waals surface area contributed by atoms with E-state index in [0.717, 1.165) is 44.9 Å². The molecular weight excluding hydrogens is 624 g/mol. The zero-order valence-electron chi connectivity index (χ0n) is 29.2. The quantitative estimate of drug-likeness (QED) is 0.135. The van der Waals surface area contributed by atoms with E-state index in [9.17, 15) is 28.8 Å². The largest absolute Gasteiger partial charge is 0.511 e. The van der Waals surface area contributed by atoms with Gasteiger partial charge >= 0.3 is 30.0 Å². The molecule has 0 aliphatic heterocycles. The summed E-state index contributed by atoms with van der Waals surface area (Å²) in [6.45, 7) is 9.88. The van der Waals surface area contributed by atoms with Gasteiger partial charge < -0.3 is 28.4 Å². The molecule has 6 unspecified atom stereocenters. The first-order valence-corrected chi connectivity index (χ1v) is 17.3. The van der Waals surface area contributed by atoms with E-state index in [4.69, 9.17) is 28.4 Å². The molecule has 4 aliphatic rings. The molecule has 0 bridgehead atoms. The summed E-state index contributed by atoms with van der Waals surface area (Å²) in [6, 6.07) is 0. The smallest absolute Gasteiger partial charge is 0.462 e. The van der Waals surface area contributed by atoms with Crippen LogP contribution >= 0.6 is 0 Å². The minimum atomic E-state index is -1.18. The van der Waals surface area contributed by atoms with Gasteiger partial charge in [0.15, 0.2) is 11.9 Å². The number of hydrogen-bond donors (Lipinski definition) is 0. The molecule has 12 heteroatoms. The van der Waals surface area contributed by atoms with E-state index in [1.807, 2.05) is 6.08 Å². The van der Waals surface area contributed by atoms with Crippen molar-refractivity contribution in [2.24, 2.45) is 40.4 Å². The third kappa shape index (κ3) is 9.16. The van der Waals surface area contributed by atoms with Gasteiger partial charge in [0, 0.05) is 40.0 Å². The molecule has 48 heavy (non-hydrogen) atoms. The summed E-state index contributed by atoms with van der Waals surface area (Å²) >= 11 is 0. The highest BCUT2D eigenvalue weighted by atomic mass is 16.8. The zero-order chi connectivity index (χ0) is 35.2. The second kappa shape index (κ2) is 15.8. The van der Waals surface area contributed by atoms with Crippen molar-refractivity contribution in [3.63, 3.8) is 0 Å². The molecule has 0 saturated heterocycles. The van der Waals surface area contributed by atoms with Crippen LogP contribution in [0.3, 0.4) is 0 Å². The lowest BCUT2D eigenvalue weighted by molar-refractivity contribution is -0.171. The molecule has 0 aromatic heterocycles. The van der Waals surface area contributed by atoms with Crippen LogP contribution in [0.25, 0.3) is 0 Å². The number of fused-ring (bicyclic) bond motifs is 5. The van der Waals surface area contributed by atoms with Crippen molar-refractivity contribution in [2.45, 2.75) is 118 Å². The lowest BCUT2D eigenvalue weighted by Gasteiger charge is -2.58. The minimum absolute atomic E-state index is 0.0692. The van der Waals surface area contributed by atoms with E-state index < -0.39 is 48.3 Å². The standard InChI is InChI=1S/C36H52O12/c1-21(16-33(41)48-28(19-43-22(2)37)20-44-23(3)38)15-32(40)46-24(4)47-34(42)45-18-26-8-10-30-29-9-7-25-17-27(39)11-13-35(25,5)31(29)12-14-36(26,30)6/h17,21,24,26,28-31H,7-16,18-20H2,1-6H3/t21?,24?,26?,29?,30-,31-,35?,36?/m0/s1. The van der Waals surface area contributed by atoms with Crippen molar-refractivity contribution in [3.05, 3.63) is 11.6 Å². The summed E-state index contributed by atoms with van der Waals surface area (Å²) in [6.07, 6.45) is 6.55. The zero-order valence-corrected chi connectivity index (χ0v) is 29.2. The number of ether oxygens (including phenoxy) is 6. The maximum absolute atomic E-state index is 12.6. The lowest BCUT2D eigenvalue weighted by atomic mass is 9.47. The van der Waals surface area contributed by atoms with E-state index in [0.29, 0.717) is 24.2 Å². The van der Waals surface area contributed by atoms with Crippen molar-refractivity contribution >= 4 is 35.8 Å². The van der Waals surface area contributed by atoms with Crippen LogP contribution in [0, 0.1) is 40.4 Å². The van der Waals surface area contributed by atoms with E-state index in [1.165, 1.54) is 26.3 Å². The highest BCUT2D eigenvalue weighted by Gasteiger charge is 2.59. The number of carbonyl (C=O) groups excluding carboxylic acids is 6. The van der Waals surface area contributed by atoms with Crippen molar-refractivity contribution in [3.8, 4) is 0 Å². The molecule has 0 spiro atoms. The van der Waals surface area contributed by atoms with Gasteiger partial charge in [0.1, 0.15) is 13.2 Å². The fourth-order valence-corrected chi connectivity index (χ4v) is 8.95. The van der Waals surface area contributed by atoms with Gasteiger partial charge in [0.05, 0.1) is 6.61 Å². The van der Waals surface area contributed by atoms with Crippen LogP contribution in [0.1, 0.15) is 106 Å². The summed E-state index contributed by atoms with van der Waals surface area (Å²) in [7, 11) is 0. The number of hydrogen-bond acceptors (Lipinski definition) is 12. The Morgan fingerprint density at radius 2 is 1.44 bits per heavy atom. The Morgan fingerprint density at radius 3 is 2.08 bits per heavy atom. The Kier molecular flexibility index (Phi) is 12.3. The van der Waals surface area contributed by atoms with Gasteiger partial charge in [-0.3, -0.25) is 24.0 Å². The number of rotatable bonds is 13. The third-order valence-corrected chi connectivity index (χ3v) is 11.4. The first kappa shape index (κ1) is 37.4. The Labute approximate surface area is 282 Å². The fourth-order valence-electron chi connectivity index (χ4n) is 8.95. The Bertz CT molecular complexity index is 1260. The summed E-state index contributed by atoms with van der Waals surface area (Å²) in [4.78, 5) is 71.8. The number of carbonyl (C=O) groups is 6. The van der Waals surface area contributed by atoms with Crippen molar-refractivity contribution in [2.75, 3.05) is 19.8 Å². The average molecular weight is 677 g/mol. The van der Waals surface area contributed by atoms with Crippen molar-refractivity contribution in [1.82, 2.24) is 0 Å². The Morgan fingerprint density at radius 1 is 0.792 bits per heavy atom. The van der Waals surface area contributed by atoms with Gasteiger partial charge in [-0.1, -0.05) is 26.3 Å². The van der Waals surface area contributed by atoms with Crippen LogP contribution in [-0.4, -0.2) is 68.0 Å². The number of esters is 4. The summed E-state index contributed by atoms with van der Waals surface area (Å²) in [5.74, 6) is -0.728. The summed E-state index contributed by atoms with van der Waals surface area (Å²) < 4.78 is 31.0. The minimum Gasteiger partial charge on any atom is -0.462 e. The maximum atomic E-state index is 12.6. The van der Waals surface area contributed by atoms with Crippen molar-refractivity contribution < 1.29 is 57.2 Å². The van der Waals surface area contributed by atoms with Gasteiger partial charge in [-0.15, -0.1) is 0 Å². The van der Waals surface area contributed by atoms with E-state index >= 15 is 0 Å². The SMILES string of the molecule is CC(=O)OCC(COC(C)=O)OC(=O)CC(C)CC(=O)OC(C)OC(=O)OCC1CC[C@H]2C3CCC4=CC(=O)CCC4(C)[C@H]3CCC12C. The number of allylic oxidation sites excluding steroid dienone is 1. The first-order chi connectivity index (χ1) is 22.6. The molecule has 12 nitrogen and oxygen atoms in total. The van der Waals surface area contributed by atoms with Gasteiger partial charge in [0.2, 0.25) is 6.29 Å². The Hall–Kier alpha value is -3.44. The lowest BCUT2D eigenvalue weighted by Crippen LogP contribution is -2.50. The van der Waals surface area contributed by atoms with Crippen LogP contribution in [0.2, 0.25) is 0 Å². The maximum Gasteiger partial charge on any atom is 0.511 e. The molecule has 0 aromatic rings. The van der Waals surface area contributed by atoms with Gasteiger partial charge in [0.25, 0.3) is 0 Å². The topological polar surface area (TPSA) is 158 Å². The first-order valence-electron chi connectivity index (χ1n) is 17.3. The summed E-state index contributed by atoms with van der Waals surface area (Å²) in [5.41, 5.74) is 1.54. The molecule has 4 aliphatic carbocycles. The normalized spacial score (nSPS) is 30.4. The molecule has 0 amide bonds. The predicted molar refractivity (Wildman–Crippen MR) is 170 cm³/mol. The Balaban J connectivity index is 1.18. The third-order valence-electron chi connectivity index (χ3n) is 11.4. The molecule has 4 rings (SSSR count). The summed E-state index contributed by atoms with van der Waals surface area (Å²) in [5, 5.41) is 0. The van der Waals surface area contributed by atoms with Gasteiger partial charge in [-0.25, -0.2) is 4.79 Å². The molecular formula is C36H52O12. The molecule has 3 fully saturated rings. The highest BCUT2D eigenvalue weighted by molar-refractivity contribution is 5.91.